The predicted molar refractivity (Wildman–Crippen MR) is 83.5 cm³/mol. The van der Waals surface area contributed by atoms with Crippen LogP contribution in [0.1, 0.15) is 5.56 Å². The second kappa shape index (κ2) is 6.17. The third-order valence-electron chi connectivity index (χ3n) is 2.32. The molecule has 1 rings (SSSR count). The fourth-order valence-corrected chi connectivity index (χ4v) is 8.35. The summed E-state index contributed by atoms with van der Waals surface area (Å²) in [7, 11) is 0. The van der Waals surface area contributed by atoms with Crippen LogP contribution in [0.25, 0.3) is 0 Å². The molecule has 3 heteroatoms. The first-order chi connectivity index (χ1) is 7.84. The molecule has 0 atom stereocenters. The van der Waals surface area contributed by atoms with Crippen LogP contribution in [0, 0.1) is 6.92 Å². The number of thioether (sulfide) groups is 1. The Kier molecular flexibility index (Phi) is 5.42. The molecule has 0 spiro atoms. The molecule has 17 heavy (non-hydrogen) atoms. The van der Waals surface area contributed by atoms with Crippen LogP contribution in [0.4, 0.5) is 0 Å². The minimum absolute atomic E-state index is 0.822. The Morgan fingerprint density at radius 2 is 1.76 bits per heavy atom. The van der Waals surface area contributed by atoms with Gasteiger partial charge in [-0.3, -0.25) is 0 Å². The second-order valence-corrected chi connectivity index (χ2v) is 17.8. The summed E-state index contributed by atoms with van der Waals surface area (Å²) in [6, 6.07) is 8.58. The molecule has 0 aliphatic heterocycles. The molecule has 0 fully saturated rings. The van der Waals surface area contributed by atoms with Crippen molar-refractivity contribution in [1.29, 1.82) is 0 Å². The zero-order valence-corrected chi connectivity index (χ0v) is 14.6. The van der Waals surface area contributed by atoms with Crippen LogP contribution in [0.2, 0.25) is 17.3 Å². The molecule has 0 aliphatic carbocycles. The van der Waals surface area contributed by atoms with E-state index in [-0.39, 0.29) is 0 Å². The molecular formula is C14H19ClGeS. The summed E-state index contributed by atoms with van der Waals surface area (Å²) >= 11 is 6.14. The molecule has 0 amide bonds. The summed E-state index contributed by atoms with van der Waals surface area (Å²) < 4.78 is 1.34. The van der Waals surface area contributed by atoms with Gasteiger partial charge in [-0.25, -0.2) is 0 Å². The Hall–Kier alpha value is -0.117. The van der Waals surface area contributed by atoms with Crippen molar-refractivity contribution in [3.63, 3.8) is 0 Å². The molecule has 0 aromatic heterocycles. The van der Waals surface area contributed by atoms with Gasteiger partial charge >= 0.3 is 117 Å². The molecule has 0 aliphatic rings. The van der Waals surface area contributed by atoms with Crippen LogP contribution in [0.3, 0.4) is 0 Å². The molecule has 0 radical (unpaired) electrons. The summed E-state index contributed by atoms with van der Waals surface area (Å²) in [5.74, 6) is 7.05. The maximum absolute atomic E-state index is 6.28. The van der Waals surface area contributed by atoms with Crippen molar-refractivity contribution < 1.29 is 0 Å². The van der Waals surface area contributed by atoms with Crippen molar-refractivity contribution in [1.82, 2.24) is 0 Å². The number of benzene rings is 1. The predicted octanol–water partition coefficient (Wildman–Crippen LogP) is 5.60. The Morgan fingerprint density at radius 3 is 2.18 bits per heavy atom. The molecule has 0 unspecified atom stereocenters. The van der Waals surface area contributed by atoms with Crippen molar-refractivity contribution in [2.24, 2.45) is 0 Å². The molecule has 0 nitrogen and oxygen atoms in total. The minimum atomic E-state index is -1.94. The Labute approximate surface area is 117 Å². The van der Waals surface area contributed by atoms with Gasteiger partial charge in [-0.05, 0) is 0 Å². The summed E-state index contributed by atoms with van der Waals surface area (Å²) in [5, 5.41) is 0.822. The van der Waals surface area contributed by atoms with Crippen LogP contribution in [0.5, 0.6) is 0 Å². The van der Waals surface area contributed by atoms with E-state index in [4.69, 9.17) is 11.6 Å². The van der Waals surface area contributed by atoms with E-state index >= 15 is 0 Å². The standard InChI is InChI=1S/C14H19ClGeS/c1-6-13(15)14(16(3,4)5)17-12-9-7-11(2)8-10-12/h6-10H,1H2,2-5H3/b14-13-. The number of hydrogen-bond donors (Lipinski definition) is 0. The summed E-state index contributed by atoms with van der Waals surface area (Å²) in [4.78, 5) is 1.26. The Bertz CT molecular complexity index is 427. The third kappa shape index (κ3) is 4.57. The molecule has 0 saturated carbocycles. The molecule has 0 bridgehead atoms. The summed E-state index contributed by atoms with van der Waals surface area (Å²) in [6.45, 7) is 5.88. The molecule has 0 heterocycles. The van der Waals surface area contributed by atoms with Gasteiger partial charge in [0.05, 0.1) is 0 Å². The molecule has 0 saturated heterocycles. The van der Waals surface area contributed by atoms with E-state index in [9.17, 15) is 0 Å². The van der Waals surface area contributed by atoms with Gasteiger partial charge in [0, 0.05) is 0 Å². The van der Waals surface area contributed by atoms with Crippen molar-refractivity contribution in [3.05, 3.63) is 51.3 Å². The first-order valence-electron chi connectivity index (χ1n) is 5.62. The van der Waals surface area contributed by atoms with Gasteiger partial charge < -0.3 is 0 Å². The average molecular weight is 327 g/mol. The monoisotopic (exact) mass is 328 g/mol. The fraction of sp³-hybridized carbons (Fsp3) is 0.286. The third-order valence-corrected chi connectivity index (χ3v) is 11.3. The second-order valence-electron chi connectivity index (χ2n) is 5.05. The quantitative estimate of drug-likeness (QED) is 0.394. The van der Waals surface area contributed by atoms with Crippen LogP contribution >= 0.6 is 23.4 Å². The van der Waals surface area contributed by atoms with Gasteiger partial charge in [0.15, 0.2) is 0 Å². The van der Waals surface area contributed by atoms with E-state index < -0.39 is 13.3 Å². The van der Waals surface area contributed by atoms with Crippen LogP contribution in [-0.4, -0.2) is 13.3 Å². The average Bonchev–Trinajstić information content (AvgIpc) is 2.25. The molecule has 92 valence electrons. The van der Waals surface area contributed by atoms with Gasteiger partial charge in [0.25, 0.3) is 0 Å². The van der Waals surface area contributed by atoms with E-state index in [0.29, 0.717) is 0 Å². The number of halogens is 1. The van der Waals surface area contributed by atoms with E-state index in [2.05, 4.69) is 55.0 Å². The fourth-order valence-electron chi connectivity index (χ4n) is 1.38. The normalized spacial score (nSPS) is 13.2. The number of aryl methyl sites for hydroxylation is 1. The zero-order chi connectivity index (χ0) is 13.1. The first kappa shape index (κ1) is 14.9. The molecule has 1 aromatic rings. The van der Waals surface area contributed by atoms with Gasteiger partial charge in [0.2, 0.25) is 0 Å². The van der Waals surface area contributed by atoms with E-state index in [0.717, 1.165) is 5.03 Å². The summed E-state index contributed by atoms with van der Waals surface area (Å²) in [5.41, 5.74) is 1.28. The van der Waals surface area contributed by atoms with Gasteiger partial charge in [-0.15, -0.1) is 0 Å². The number of rotatable bonds is 4. The van der Waals surface area contributed by atoms with Crippen molar-refractivity contribution >= 4 is 36.6 Å². The first-order valence-corrected chi connectivity index (χ1v) is 14.2. The molecular weight excluding hydrogens is 308 g/mol. The number of allylic oxidation sites excluding steroid dienone is 2. The maximum atomic E-state index is 6.28. The van der Waals surface area contributed by atoms with Gasteiger partial charge in [-0.2, -0.15) is 0 Å². The van der Waals surface area contributed by atoms with E-state index in [1.807, 2.05) is 0 Å². The van der Waals surface area contributed by atoms with Crippen LogP contribution in [0.15, 0.2) is 50.6 Å². The van der Waals surface area contributed by atoms with Gasteiger partial charge in [0.1, 0.15) is 0 Å². The number of hydrogen-bond acceptors (Lipinski definition) is 1. The molecule has 1 aromatic carbocycles. The van der Waals surface area contributed by atoms with E-state index in [1.54, 1.807) is 17.8 Å². The van der Waals surface area contributed by atoms with Crippen molar-refractivity contribution in [3.8, 4) is 0 Å². The van der Waals surface area contributed by atoms with E-state index in [1.165, 1.54) is 14.2 Å². The zero-order valence-electron chi connectivity index (χ0n) is 10.9. The Morgan fingerprint density at radius 1 is 1.24 bits per heavy atom. The topological polar surface area (TPSA) is 0 Å². The van der Waals surface area contributed by atoms with Crippen LogP contribution < -0.4 is 0 Å². The molecule has 0 N–H and O–H groups in total. The SMILES string of the molecule is C=C/C(Cl)=[C](/Sc1ccc(C)cc1)[Ge]([CH3])([CH3])[CH3]. The van der Waals surface area contributed by atoms with Crippen LogP contribution in [-0.2, 0) is 0 Å². The summed E-state index contributed by atoms with van der Waals surface area (Å²) in [6.07, 6.45) is 1.76. The van der Waals surface area contributed by atoms with Crippen molar-refractivity contribution in [2.75, 3.05) is 0 Å². The van der Waals surface area contributed by atoms with Crippen molar-refractivity contribution in [2.45, 2.75) is 29.1 Å². The van der Waals surface area contributed by atoms with Gasteiger partial charge in [-0.1, -0.05) is 0 Å². The Balaban J connectivity index is 3.04.